The second-order valence-electron chi connectivity index (χ2n) is 7.79. The van der Waals surface area contributed by atoms with E-state index in [1.165, 1.54) is 6.20 Å². The van der Waals surface area contributed by atoms with Crippen LogP contribution in [0.15, 0.2) is 42.0 Å². The lowest BCUT2D eigenvalue weighted by molar-refractivity contribution is -0.576. The number of hydrogen-bond acceptors (Lipinski definition) is 6. The van der Waals surface area contributed by atoms with Gasteiger partial charge < -0.3 is 15.7 Å². The van der Waals surface area contributed by atoms with Crippen molar-refractivity contribution < 1.29 is 9.62 Å². The third-order valence-electron chi connectivity index (χ3n) is 5.60. The highest BCUT2D eigenvalue weighted by molar-refractivity contribution is 6.08. The average Bonchev–Trinajstić information content (AvgIpc) is 3.44. The van der Waals surface area contributed by atoms with Crippen LogP contribution in [0.2, 0.25) is 0 Å². The smallest absolute Gasteiger partial charge is 0.263 e. The lowest BCUT2D eigenvalue weighted by Crippen LogP contribution is -2.34. The van der Waals surface area contributed by atoms with Gasteiger partial charge in [0.1, 0.15) is 11.4 Å². The average molecular weight is 426 g/mol. The van der Waals surface area contributed by atoms with E-state index < -0.39 is 0 Å². The molecule has 0 saturated heterocycles. The zero-order chi connectivity index (χ0) is 22.4. The fourth-order valence-corrected chi connectivity index (χ4v) is 3.50. The molecule has 0 aliphatic heterocycles. The number of aliphatic hydroxyl groups is 1. The highest BCUT2D eigenvalue weighted by Gasteiger charge is 2.20. The Labute approximate surface area is 182 Å². The zero-order valence-corrected chi connectivity index (χ0v) is 18.7. The lowest BCUT2D eigenvalue weighted by atomic mass is 10.1. The highest BCUT2D eigenvalue weighted by atomic mass is 16.3. The summed E-state index contributed by atoms with van der Waals surface area (Å²) in [5.74, 6) is 0. The van der Waals surface area contributed by atoms with Crippen LogP contribution in [0.4, 0.5) is 0 Å². The summed E-state index contributed by atoms with van der Waals surface area (Å²) in [6, 6.07) is 2.31. The van der Waals surface area contributed by atoms with E-state index in [1.54, 1.807) is 6.21 Å². The molecule has 0 spiro atoms. The predicted octanol–water partition coefficient (Wildman–Crippen LogP) is 1.67. The van der Waals surface area contributed by atoms with Gasteiger partial charge in [-0.25, -0.2) is 4.98 Å². The third kappa shape index (κ3) is 5.00. The standard InChI is InChI=1S/C22H32N8O/c1-5-18(6-2)29-13-17(11-26-29)22-21-7-8-25-30(21)14-20(27-22)16(9-23)10-24-12-19(15-31)28(3)4/h7-11,13-14,18-19,31H,5-6,12,15H2,1-4H3,(H2,23,24)/p+1/t19-/m0/s1. The topological polar surface area (TPSA) is 112 Å². The number of aliphatic hydroxyl groups excluding tert-OH is 1. The Hall–Kier alpha value is -3.04. The maximum Gasteiger partial charge on any atom is 0.263 e. The number of nitrogens with zero attached hydrogens (tertiary/aromatic N) is 6. The molecule has 166 valence electrons. The molecule has 0 fully saturated rings. The fraction of sp³-hybridized carbons (Fsp3) is 0.455. The number of rotatable bonds is 10. The minimum Gasteiger partial charge on any atom is -0.404 e. The monoisotopic (exact) mass is 425 g/mol. The fourth-order valence-electron chi connectivity index (χ4n) is 3.50. The Morgan fingerprint density at radius 3 is 2.81 bits per heavy atom. The van der Waals surface area contributed by atoms with Gasteiger partial charge >= 0.3 is 0 Å². The van der Waals surface area contributed by atoms with Gasteiger partial charge in [0.15, 0.2) is 0 Å². The third-order valence-corrected chi connectivity index (χ3v) is 5.60. The van der Waals surface area contributed by atoms with E-state index in [0.717, 1.165) is 29.6 Å². The van der Waals surface area contributed by atoms with Crippen LogP contribution in [0.25, 0.3) is 22.3 Å². The van der Waals surface area contributed by atoms with E-state index >= 15 is 0 Å². The van der Waals surface area contributed by atoms with Gasteiger partial charge in [-0.15, -0.1) is 0 Å². The number of aromatic amines is 1. The summed E-state index contributed by atoms with van der Waals surface area (Å²) in [5.41, 5.74) is 10.0. The SMILES string of the molecule is CCC(CC)n1cc(-c2nc(C(C=NC[C@@H](CO)N(C)C)=CN)c[n+]3[nH]ccc23)cn1. The molecule has 0 aromatic carbocycles. The zero-order valence-electron chi connectivity index (χ0n) is 18.7. The van der Waals surface area contributed by atoms with Crippen molar-refractivity contribution in [3.8, 4) is 11.3 Å². The second-order valence-corrected chi connectivity index (χ2v) is 7.79. The number of allylic oxidation sites excluding steroid dienone is 1. The van der Waals surface area contributed by atoms with Gasteiger partial charge in [0.05, 0.1) is 37.6 Å². The Morgan fingerprint density at radius 1 is 1.39 bits per heavy atom. The minimum absolute atomic E-state index is 0.0409. The largest absolute Gasteiger partial charge is 0.404 e. The van der Waals surface area contributed by atoms with Crippen LogP contribution < -0.4 is 10.2 Å². The molecule has 3 aromatic rings. The molecule has 31 heavy (non-hydrogen) atoms. The van der Waals surface area contributed by atoms with Crippen LogP contribution in [0.5, 0.6) is 0 Å². The number of nitrogens with one attached hydrogen (secondary N) is 1. The van der Waals surface area contributed by atoms with Crippen molar-refractivity contribution in [1.29, 1.82) is 0 Å². The lowest BCUT2D eigenvalue weighted by Gasteiger charge is -2.19. The number of H-pyrrole nitrogens is 1. The van der Waals surface area contributed by atoms with E-state index in [2.05, 4.69) is 35.2 Å². The van der Waals surface area contributed by atoms with E-state index in [0.29, 0.717) is 23.9 Å². The molecular weight excluding hydrogens is 392 g/mol. The molecule has 0 radical (unpaired) electrons. The summed E-state index contributed by atoms with van der Waals surface area (Å²) in [6.07, 6.45) is 12.9. The number of hydrogen-bond donors (Lipinski definition) is 3. The van der Waals surface area contributed by atoms with Crippen molar-refractivity contribution in [2.75, 3.05) is 27.2 Å². The molecular formula is C22H33N8O+. The summed E-state index contributed by atoms with van der Waals surface area (Å²) in [7, 11) is 3.84. The van der Waals surface area contributed by atoms with E-state index in [1.807, 2.05) is 52.8 Å². The summed E-state index contributed by atoms with van der Waals surface area (Å²) in [4.78, 5) is 11.3. The van der Waals surface area contributed by atoms with Gasteiger partial charge in [0.2, 0.25) is 6.20 Å². The Morgan fingerprint density at radius 2 is 2.16 bits per heavy atom. The molecule has 0 aliphatic rings. The second kappa shape index (κ2) is 10.3. The Bertz CT molecular complexity index is 1040. The van der Waals surface area contributed by atoms with E-state index in [9.17, 15) is 5.11 Å². The molecule has 3 aromatic heterocycles. The van der Waals surface area contributed by atoms with Gasteiger partial charge in [0, 0.05) is 35.8 Å². The first kappa shape index (κ1) is 22.6. The molecule has 0 aliphatic carbocycles. The van der Waals surface area contributed by atoms with Gasteiger partial charge in [-0.1, -0.05) is 18.4 Å². The molecule has 0 unspecified atom stereocenters. The summed E-state index contributed by atoms with van der Waals surface area (Å²) in [5, 5.41) is 17.3. The molecule has 9 heteroatoms. The van der Waals surface area contributed by atoms with Crippen LogP contribution in [0.3, 0.4) is 0 Å². The summed E-state index contributed by atoms with van der Waals surface area (Å²) >= 11 is 0. The van der Waals surface area contributed by atoms with Crippen LogP contribution >= 0.6 is 0 Å². The van der Waals surface area contributed by atoms with Crippen molar-refractivity contribution in [3.05, 3.63) is 42.7 Å². The minimum atomic E-state index is -0.0463. The molecule has 1 atom stereocenters. The van der Waals surface area contributed by atoms with Crippen LogP contribution in [-0.4, -0.2) is 69.4 Å². The van der Waals surface area contributed by atoms with E-state index in [4.69, 9.17) is 10.7 Å². The highest BCUT2D eigenvalue weighted by Crippen LogP contribution is 2.24. The van der Waals surface area contributed by atoms with Crippen molar-refractivity contribution in [2.45, 2.75) is 38.8 Å². The maximum atomic E-state index is 9.49. The van der Waals surface area contributed by atoms with Gasteiger partial charge in [-0.2, -0.15) is 10.2 Å². The van der Waals surface area contributed by atoms with Gasteiger partial charge in [0.25, 0.3) is 5.52 Å². The predicted molar refractivity (Wildman–Crippen MR) is 123 cm³/mol. The number of likely N-dealkylation sites (N-methyl/N-ethyl adjacent to an activating group) is 1. The number of aliphatic imine (C=N–C) groups is 1. The molecule has 3 heterocycles. The molecule has 9 nitrogen and oxygen atoms in total. The maximum absolute atomic E-state index is 9.49. The first-order valence-electron chi connectivity index (χ1n) is 10.7. The van der Waals surface area contributed by atoms with Crippen molar-refractivity contribution in [1.82, 2.24) is 24.8 Å². The first-order chi connectivity index (χ1) is 15.0. The van der Waals surface area contributed by atoms with Crippen molar-refractivity contribution in [2.24, 2.45) is 10.7 Å². The molecule has 0 amide bonds. The Balaban J connectivity index is 1.96. The van der Waals surface area contributed by atoms with Gasteiger partial charge in [-0.05, 0) is 26.9 Å². The molecule has 3 rings (SSSR count). The van der Waals surface area contributed by atoms with Crippen LogP contribution in [0.1, 0.15) is 38.4 Å². The molecule has 4 N–H and O–H groups in total. The van der Waals surface area contributed by atoms with E-state index in [-0.39, 0.29) is 12.6 Å². The number of aromatic nitrogens is 5. The first-order valence-corrected chi connectivity index (χ1v) is 10.7. The number of fused-ring (bicyclic) bond motifs is 1. The van der Waals surface area contributed by atoms with Crippen LogP contribution in [0, 0.1) is 0 Å². The van der Waals surface area contributed by atoms with Crippen LogP contribution in [-0.2, 0) is 0 Å². The molecule has 0 bridgehead atoms. The van der Waals surface area contributed by atoms with Crippen molar-refractivity contribution in [3.63, 3.8) is 0 Å². The normalized spacial score (nSPS) is 13.8. The molecule has 0 saturated carbocycles. The summed E-state index contributed by atoms with van der Waals surface area (Å²) in [6.45, 7) is 4.85. The quantitative estimate of drug-likeness (QED) is 0.338. The number of nitrogens with two attached hydrogens (primary N) is 1. The summed E-state index contributed by atoms with van der Waals surface area (Å²) < 4.78 is 3.93. The Kier molecular flexibility index (Phi) is 7.54. The van der Waals surface area contributed by atoms with Gasteiger partial charge in [-0.3, -0.25) is 9.67 Å². The van der Waals surface area contributed by atoms with Crippen molar-refractivity contribution >= 4 is 17.3 Å².